The van der Waals surface area contributed by atoms with E-state index in [-0.39, 0.29) is 23.6 Å². The Hall–Kier alpha value is -2.10. The molecule has 0 aromatic carbocycles. The van der Waals surface area contributed by atoms with Gasteiger partial charge in [0.2, 0.25) is 11.8 Å². The zero-order valence-electron chi connectivity index (χ0n) is 16.6. The fourth-order valence-electron chi connectivity index (χ4n) is 5.75. The second-order valence-corrected chi connectivity index (χ2v) is 9.86. The van der Waals surface area contributed by atoms with Crippen molar-refractivity contribution in [3.8, 4) is 0 Å². The van der Waals surface area contributed by atoms with Gasteiger partial charge in [0.25, 0.3) is 0 Å². The van der Waals surface area contributed by atoms with Gasteiger partial charge in [-0.05, 0) is 56.3 Å². The van der Waals surface area contributed by atoms with Gasteiger partial charge in [-0.2, -0.15) is 0 Å². The van der Waals surface area contributed by atoms with Crippen molar-refractivity contribution in [2.45, 2.75) is 62.1 Å². The molecule has 4 aliphatic carbocycles. The monoisotopic (exact) mass is 420 g/mol. The number of carbonyl (C=O) groups excluding carboxylic acids is 3. The van der Waals surface area contributed by atoms with Crippen LogP contribution in [0.15, 0.2) is 5.16 Å². The molecule has 1 heterocycles. The summed E-state index contributed by atoms with van der Waals surface area (Å²) in [7, 11) is 1.77. The molecule has 4 fully saturated rings. The zero-order valence-corrected chi connectivity index (χ0v) is 17.5. The predicted octanol–water partition coefficient (Wildman–Crippen LogP) is 1.12. The number of hydrogen-bond acceptors (Lipinski definition) is 6. The Morgan fingerprint density at radius 1 is 1.14 bits per heavy atom. The molecule has 9 nitrogen and oxygen atoms in total. The molecule has 4 amide bonds. The van der Waals surface area contributed by atoms with Crippen LogP contribution >= 0.6 is 11.8 Å². The molecular weight excluding hydrogens is 392 g/mol. The molecule has 5 rings (SSSR count). The number of nitrogens with one attached hydrogen (secondary N) is 2. The summed E-state index contributed by atoms with van der Waals surface area (Å²) >= 11 is 1.20. The first-order valence-corrected chi connectivity index (χ1v) is 11.2. The molecule has 0 atom stereocenters. The van der Waals surface area contributed by atoms with E-state index in [1.807, 2.05) is 0 Å². The summed E-state index contributed by atoms with van der Waals surface area (Å²) in [4.78, 5) is 35.6. The van der Waals surface area contributed by atoms with Crippen LogP contribution in [0.1, 0.15) is 50.8 Å². The molecule has 0 saturated heterocycles. The highest BCUT2D eigenvalue weighted by Crippen LogP contribution is 2.55. The third kappa shape index (κ3) is 4.57. The van der Waals surface area contributed by atoms with Crippen LogP contribution < -0.4 is 16.4 Å². The molecule has 10 heteroatoms. The highest BCUT2D eigenvalue weighted by molar-refractivity contribution is 7.99. The molecule has 4 bridgehead atoms. The first-order valence-electron chi connectivity index (χ1n) is 10.2. The Bertz CT molecular complexity index is 788. The molecule has 29 heavy (non-hydrogen) atoms. The minimum Gasteiger partial charge on any atom is -0.370 e. The number of imide groups is 1. The van der Waals surface area contributed by atoms with E-state index in [1.54, 1.807) is 11.6 Å². The number of rotatable bonds is 7. The number of carbonyl (C=O) groups is 3. The second kappa shape index (κ2) is 7.97. The number of nitrogens with two attached hydrogens (primary N) is 1. The molecule has 0 unspecified atom stereocenters. The first kappa shape index (κ1) is 20.2. The number of urea groups is 1. The van der Waals surface area contributed by atoms with E-state index in [4.69, 9.17) is 5.73 Å². The topological polar surface area (TPSA) is 132 Å². The van der Waals surface area contributed by atoms with Gasteiger partial charge >= 0.3 is 6.03 Å². The van der Waals surface area contributed by atoms with Gasteiger partial charge in [-0.3, -0.25) is 14.9 Å². The Labute approximate surface area is 173 Å². The SMILES string of the molecule is Cn1c(CCC(N)=O)nnc1SCC(=O)NC(=O)NC12CC3CC(CC(C3)C1)C2. The summed E-state index contributed by atoms with van der Waals surface area (Å²) in [5.74, 6) is 2.13. The summed E-state index contributed by atoms with van der Waals surface area (Å²) in [5, 5.41) is 14.2. The van der Waals surface area contributed by atoms with Crippen LogP contribution in [0, 0.1) is 17.8 Å². The minimum atomic E-state index is -0.397. The lowest BCUT2D eigenvalue weighted by molar-refractivity contribution is -0.118. The third-order valence-corrected chi connectivity index (χ3v) is 7.54. The number of hydrogen-bond donors (Lipinski definition) is 3. The van der Waals surface area contributed by atoms with Crippen molar-refractivity contribution in [3.05, 3.63) is 5.82 Å². The van der Waals surface area contributed by atoms with Crippen LogP contribution in [0.2, 0.25) is 0 Å². The van der Waals surface area contributed by atoms with Crippen LogP contribution in [-0.2, 0) is 23.1 Å². The third-order valence-electron chi connectivity index (χ3n) is 6.52. The fraction of sp³-hybridized carbons (Fsp3) is 0.737. The van der Waals surface area contributed by atoms with Crippen LogP contribution in [0.4, 0.5) is 4.79 Å². The molecule has 0 spiro atoms. The van der Waals surface area contributed by atoms with E-state index in [0.29, 0.717) is 17.4 Å². The van der Waals surface area contributed by atoms with Crippen LogP contribution in [0.25, 0.3) is 0 Å². The van der Waals surface area contributed by atoms with E-state index in [1.165, 1.54) is 31.0 Å². The van der Waals surface area contributed by atoms with Crippen LogP contribution in [-0.4, -0.2) is 43.9 Å². The fourth-order valence-corrected chi connectivity index (χ4v) is 6.48. The average Bonchev–Trinajstić information content (AvgIpc) is 2.96. The van der Waals surface area contributed by atoms with E-state index in [0.717, 1.165) is 37.0 Å². The number of nitrogens with zero attached hydrogens (tertiary/aromatic N) is 3. The van der Waals surface area contributed by atoms with Crippen LogP contribution in [0.3, 0.4) is 0 Å². The number of aromatic nitrogens is 3. The lowest BCUT2D eigenvalue weighted by Crippen LogP contribution is -2.61. The first-order chi connectivity index (χ1) is 13.8. The van der Waals surface area contributed by atoms with Crippen molar-refractivity contribution >= 4 is 29.6 Å². The molecule has 4 aliphatic rings. The summed E-state index contributed by atoms with van der Waals surface area (Å²) in [6, 6.07) is -0.391. The average molecular weight is 421 g/mol. The number of primary amides is 1. The zero-order chi connectivity index (χ0) is 20.6. The van der Waals surface area contributed by atoms with Gasteiger partial charge < -0.3 is 15.6 Å². The summed E-state index contributed by atoms with van der Waals surface area (Å²) in [6.45, 7) is 0. The largest absolute Gasteiger partial charge is 0.370 e. The smallest absolute Gasteiger partial charge is 0.321 e. The van der Waals surface area contributed by atoms with Gasteiger partial charge in [0.15, 0.2) is 5.16 Å². The standard InChI is InChI=1S/C19H28N6O3S/c1-25-15(3-2-14(20)26)23-24-18(25)29-10-16(27)21-17(28)22-19-7-11-4-12(8-19)6-13(5-11)9-19/h11-13H,2-10H2,1H3,(H2,20,26)(H2,21,22,27,28). The normalized spacial score (nSPS) is 29.6. The van der Waals surface area contributed by atoms with Crippen LogP contribution in [0.5, 0.6) is 0 Å². The predicted molar refractivity (Wildman–Crippen MR) is 107 cm³/mol. The summed E-state index contributed by atoms with van der Waals surface area (Å²) in [5.41, 5.74) is 5.04. The van der Waals surface area contributed by atoms with E-state index in [9.17, 15) is 14.4 Å². The van der Waals surface area contributed by atoms with Crippen molar-refractivity contribution in [3.63, 3.8) is 0 Å². The van der Waals surface area contributed by atoms with Gasteiger partial charge in [-0.25, -0.2) is 4.79 Å². The lowest BCUT2D eigenvalue weighted by atomic mass is 9.53. The molecule has 0 aliphatic heterocycles. The quantitative estimate of drug-likeness (QED) is 0.566. The number of amides is 4. The maximum Gasteiger partial charge on any atom is 0.321 e. The van der Waals surface area contributed by atoms with E-state index in [2.05, 4.69) is 20.8 Å². The molecule has 1 aromatic rings. The Balaban J connectivity index is 1.25. The lowest BCUT2D eigenvalue weighted by Gasteiger charge is -2.56. The van der Waals surface area contributed by atoms with Crippen molar-refractivity contribution in [1.82, 2.24) is 25.4 Å². The summed E-state index contributed by atoms with van der Waals surface area (Å²) in [6.07, 6.45) is 7.64. The highest BCUT2D eigenvalue weighted by atomic mass is 32.2. The maximum absolute atomic E-state index is 12.4. The van der Waals surface area contributed by atoms with Gasteiger partial charge in [0.1, 0.15) is 5.82 Å². The van der Waals surface area contributed by atoms with Crippen molar-refractivity contribution < 1.29 is 14.4 Å². The van der Waals surface area contributed by atoms with Gasteiger partial charge in [0.05, 0.1) is 5.75 Å². The van der Waals surface area contributed by atoms with Crippen molar-refractivity contribution in [1.29, 1.82) is 0 Å². The van der Waals surface area contributed by atoms with Gasteiger partial charge in [-0.1, -0.05) is 11.8 Å². The van der Waals surface area contributed by atoms with Crippen molar-refractivity contribution in [2.24, 2.45) is 30.5 Å². The molecule has 4 N–H and O–H groups in total. The Kier molecular flexibility index (Phi) is 5.54. The van der Waals surface area contributed by atoms with Gasteiger partial charge in [-0.15, -0.1) is 10.2 Å². The molecule has 1 aromatic heterocycles. The number of aryl methyl sites for hydroxylation is 1. The maximum atomic E-state index is 12.4. The van der Waals surface area contributed by atoms with E-state index < -0.39 is 11.9 Å². The minimum absolute atomic E-state index is 0.0656. The molecule has 0 radical (unpaired) electrons. The van der Waals surface area contributed by atoms with E-state index >= 15 is 0 Å². The molecule has 4 saturated carbocycles. The van der Waals surface area contributed by atoms with Gasteiger partial charge in [0, 0.05) is 25.4 Å². The molecule has 158 valence electrons. The molecular formula is C19H28N6O3S. The Morgan fingerprint density at radius 2 is 1.76 bits per heavy atom. The second-order valence-electron chi connectivity index (χ2n) is 8.91. The highest BCUT2D eigenvalue weighted by Gasteiger charge is 2.51. The van der Waals surface area contributed by atoms with Crippen molar-refractivity contribution in [2.75, 3.05) is 5.75 Å². The number of thioether (sulfide) groups is 1. The Morgan fingerprint density at radius 3 is 2.34 bits per heavy atom. The summed E-state index contributed by atoms with van der Waals surface area (Å²) < 4.78 is 1.73.